The van der Waals surface area contributed by atoms with E-state index in [1.54, 1.807) is 18.0 Å². The van der Waals surface area contributed by atoms with Crippen molar-refractivity contribution in [1.29, 1.82) is 0 Å². The molecule has 0 aliphatic rings. The topological polar surface area (TPSA) is 43.8 Å². The van der Waals surface area contributed by atoms with Crippen molar-refractivity contribution < 1.29 is 0 Å². The maximum atomic E-state index is 5.94. The van der Waals surface area contributed by atoms with Crippen LogP contribution in [0.5, 0.6) is 0 Å². The molecule has 0 spiro atoms. The molecule has 1 heterocycles. The molecular formula is C12H15N3S. The molecule has 0 unspecified atom stereocenters. The first-order valence-corrected chi connectivity index (χ1v) is 6.19. The zero-order chi connectivity index (χ0) is 11.4. The molecule has 0 aliphatic carbocycles. The molecule has 0 fully saturated rings. The second kappa shape index (κ2) is 5.07. The molecule has 2 N–H and O–H groups in total. The molecule has 0 amide bonds. The molecule has 0 bridgehead atoms. The highest BCUT2D eigenvalue weighted by molar-refractivity contribution is 7.99. The van der Waals surface area contributed by atoms with Crippen LogP contribution in [-0.4, -0.2) is 15.3 Å². The molecule has 3 nitrogen and oxygen atoms in total. The van der Waals surface area contributed by atoms with Gasteiger partial charge in [-0.25, -0.2) is 4.98 Å². The number of nitrogens with two attached hydrogens (primary N) is 1. The summed E-state index contributed by atoms with van der Waals surface area (Å²) in [6.07, 6.45) is 5.60. The van der Waals surface area contributed by atoms with E-state index in [1.165, 1.54) is 5.56 Å². The van der Waals surface area contributed by atoms with Crippen LogP contribution in [-0.2, 0) is 6.54 Å². The summed E-state index contributed by atoms with van der Waals surface area (Å²) in [7, 11) is 0. The van der Waals surface area contributed by atoms with Gasteiger partial charge in [0.15, 0.2) is 0 Å². The third kappa shape index (κ3) is 2.79. The van der Waals surface area contributed by atoms with Crippen molar-refractivity contribution in [2.75, 3.05) is 11.5 Å². The Hall–Kier alpha value is -1.42. The summed E-state index contributed by atoms with van der Waals surface area (Å²) in [6, 6.07) is 6.19. The van der Waals surface area contributed by atoms with Gasteiger partial charge in [0.25, 0.3) is 0 Å². The summed E-state index contributed by atoms with van der Waals surface area (Å²) in [5, 5.41) is 0. The fourth-order valence-electron chi connectivity index (χ4n) is 1.48. The Labute approximate surface area is 99.7 Å². The number of nitrogen functional groups attached to an aromatic ring is 1. The van der Waals surface area contributed by atoms with E-state index >= 15 is 0 Å². The molecule has 0 aliphatic heterocycles. The summed E-state index contributed by atoms with van der Waals surface area (Å²) in [6.45, 7) is 3.01. The number of hydrogen-bond donors (Lipinski definition) is 1. The molecule has 4 heteroatoms. The minimum Gasteiger partial charge on any atom is -0.398 e. The lowest BCUT2D eigenvalue weighted by atomic mass is 10.2. The molecule has 1 aromatic carbocycles. The van der Waals surface area contributed by atoms with E-state index in [9.17, 15) is 0 Å². The number of hydrogen-bond acceptors (Lipinski definition) is 3. The van der Waals surface area contributed by atoms with Gasteiger partial charge in [0.05, 0.1) is 6.33 Å². The van der Waals surface area contributed by atoms with Crippen molar-refractivity contribution in [3.05, 3.63) is 42.5 Å². The smallest absolute Gasteiger partial charge is 0.0946 e. The number of aromatic nitrogens is 2. The van der Waals surface area contributed by atoms with Crippen LogP contribution in [0, 0.1) is 6.92 Å². The van der Waals surface area contributed by atoms with Gasteiger partial charge in [-0.15, -0.1) is 11.8 Å². The maximum absolute atomic E-state index is 5.94. The molecular weight excluding hydrogens is 218 g/mol. The van der Waals surface area contributed by atoms with E-state index in [0.29, 0.717) is 0 Å². The Morgan fingerprint density at radius 2 is 2.31 bits per heavy atom. The third-order valence-electron chi connectivity index (χ3n) is 2.33. The zero-order valence-electron chi connectivity index (χ0n) is 9.26. The van der Waals surface area contributed by atoms with E-state index in [-0.39, 0.29) is 0 Å². The number of nitrogens with zero attached hydrogens (tertiary/aromatic N) is 2. The van der Waals surface area contributed by atoms with Crippen LogP contribution in [0.3, 0.4) is 0 Å². The lowest BCUT2D eigenvalue weighted by molar-refractivity contribution is 0.770. The minimum absolute atomic E-state index is 0.871. The van der Waals surface area contributed by atoms with Gasteiger partial charge in [0.2, 0.25) is 0 Å². The fraction of sp³-hybridized carbons (Fsp3) is 0.250. The SMILES string of the molecule is Cc1ccc(SCCn2ccnc2)c(N)c1. The van der Waals surface area contributed by atoms with Gasteiger partial charge >= 0.3 is 0 Å². The summed E-state index contributed by atoms with van der Waals surface area (Å²) < 4.78 is 2.07. The van der Waals surface area contributed by atoms with Crippen molar-refractivity contribution in [2.24, 2.45) is 0 Å². The lowest BCUT2D eigenvalue weighted by Gasteiger charge is -2.06. The van der Waals surface area contributed by atoms with Gasteiger partial charge in [-0.05, 0) is 24.6 Å². The summed E-state index contributed by atoms with van der Waals surface area (Å²) in [4.78, 5) is 5.16. The molecule has 84 valence electrons. The van der Waals surface area contributed by atoms with E-state index in [1.807, 2.05) is 18.6 Å². The van der Waals surface area contributed by atoms with Gasteiger partial charge in [-0.3, -0.25) is 0 Å². The summed E-state index contributed by atoms with van der Waals surface area (Å²) in [5.41, 5.74) is 8.02. The van der Waals surface area contributed by atoms with Crippen LogP contribution < -0.4 is 5.73 Å². The Morgan fingerprint density at radius 1 is 1.44 bits per heavy atom. The molecule has 0 atom stereocenters. The first kappa shape index (κ1) is 11.1. The monoisotopic (exact) mass is 233 g/mol. The summed E-state index contributed by atoms with van der Waals surface area (Å²) in [5.74, 6) is 1.00. The van der Waals surface area contributed by atoms with Crippen molar-refractivity contribution in [3.63, 3.8) is 0 Å². The predicted molar refractivity (Wildman–Crippen MR) is 68.5 cm³/mol. The van der Waals surface area contributed by atoms with E-state index in [0.717, 1.165) is 22.9 Å². The largest absolute Gasteiger partial charge is 0.398 e. The van der Waals surface area contributed by atoms with Gasteiger partial charge in [0.1, 0.15) is 0 Å². The second-order valence-corrected chi connectivity index (χ2v) is 4.83. The highest BCUT2D eigenvalue weighted by atomic mass is 32.2. The first-order chi connectivity index (χ1) is 7.75. The van der Waals surface area contributed by atoms with Gasteiger partial charge < -0.3 is 10.3 Å². The average Bonchev–Trinajstić information content (AvgIpc) is 2.74. The minimum atomic E-state index is 0.871. The Bertz CT molecular complexity index is 451. The molecule has 2 aromatic rings. The van der Waals surface area contributed by atoms with Crippen molar-refractivity contribution >= 4 is 17.4 Å². The third-order valence-corrected chi connectivity index (χ3v) is 3.40. The molecule has 16 heavy (non-hydrogen) atoms. The number of thioether (sulfide) groups is 1. The number of anilines is 1. The molecule has 0 saturated carbocycles. The molecule has 0 radical (unpaired) electrons. The zero-order valence-corrected chi connectivity index (χ0v) is 10.1. The molecule has 1 aromatic heterocycles. The van der Waals surface area contributed by atoms with Crippen molar-refractivity contribution in [1.82, 2.24) is 9.55 Å². The van der Waals surface area contributed by atoms with E-state index in [2.05, 4.69) is 28.6 Å². The average molecular weight is 233 g/mol. The van der Waals surface area contributed by atoms with Crippen LogP contribution in [0.15, 0.2) is 41.8 Å². The Balaban J connectivity index is 1.90. The van der Waals surface area contributed by atoms with Crippen LogP contribution >= 0.6 is 11.8 Å². The quantitative estimate of drug-likeness (QED) is 0.652. The highest BCUT2D eigenvalue weighted by Gasteiger charge is 2.00. The normalized spacial score (nSPS) is 10.6. The van der Waals surface area contributed by atoms with Crippen LogP contribution in [0.1, 0.15) is 5.56 Å². The number of benzene rings is 1. The maximum Gasteiger partial charge on any atom is 0.0946 e. The Kier molecular flexibility index (Phi) is 3.51. The van der Waals surface area contributed by atoms with E-state index in [4.69, 9.17) is 5.73 Å². The Morgan fingerprint density at radius 3 is 3.00 bits per heavy atom. The molecule has 0 saturated heterocycles. The van der Waals surface area contributed by atoms with Crippen LogP contribution in [0.25, 0.3) is 0 Å². The van der Waals surface area contributed by atoms with Crippen LogP contribution in [0.4, 0.5) is 5.69 Å². The molecule has 2 rings (SSSR count). The first-order valence-electron chi connectivity index (χ1n) is 5.20. The van der Waals surface area contributed by atoms with E-state index < -0.39 is 0 Å². The van der Waals surface area contributed by atoms with Crippen molar-refractivity contribution in [3.8, 4) is 0 Å². The second-order valence-electron chi connectivity index (χ2n) is 3.69. The summed E-state index contributed by atoms with van der Waals surface area (Å²) >= 11 is 1.78. The number of imidazole rings is 1. The van der Waals surface area contributed by atoms with Crippen molar-refractivity contribution in [2.45, 2.75) is 18.4 Å². The standard InChI is InChI=1S/C12H15N3S/c1-10-2-3-12(11(13)8-10)16-7-6-15-5-4-14-9-15/h2-5,8-9H,6-7,13H2,1H3. The highest BCUT2D eigenvalue weighted by Crippen LogP contribution is 2.25. The van der Waals surface area contributed by atoms with Gasteiger partial charge in [-0.1, -0.05) is 6.07 Å². The fourth-order valence-corrected chi connectivity index (χ4v) is 2.39. The predicted octanol–water partition coefficient (Wildman–Crippen LogP) is 2.57. The van der Waals surface area contributed by atoms with Crippen LogP contribution in [0.2, 0.25) is 0 Å². The van der Waals surface area contributed by atoms with Gasteiger partial charge in [-0.2, -0.15) is 0 Å². The number of aryl methyl sites for hydroxylation is 2. The number of rotatable bonds is 4. The van der Waals surface area contributed by atoms with Gasteiger partial charge in [0, 0.05) is 35.3 Å². The lowest BCUT2D eigenvalue weighted by Crippen LogP contribution is -1.97.